The molecule has 5 rings (SSSR count). The van der Waals surface area contributed by atoms with Crippen molar-refractivity contribution in [2.45, 2.75) is 19.3 Å². The highest BCUT2D eigenvalue weighted by atomic mass is 16.6. The highest BCUT2D eigenvalue weighted by molar-refractivity contribution is 6.05. The second kappa shape index (κ2) is 12.8. The number of nitro benzene ring substituents is 1. The van der Waals surface area contributed by atoms with Gasteiger partial charge in [0.15, 0.2) is 0 Å². The summed E-state index contributed by atoms with van der Waals surface area (Å²) < 4.78 is 10.6. The van der Waals surface area contributed by atoms with Crippen molar-refractivity contribution in [1.82, 2.24) is 4.90 Å². The summed E-state index contributed by atoms with van der Waals surface area (Å²) in [5.41, 5.74) is 2.83. The molecule has 2 amide bonds. The maximum atomic E-state index is 13.1. The van der Waals surface area contributed by atoms with Crippen LogP contribution in [0, 0.1) is 10.1 Å². The fraction of sp³-hybridized carbons (Fsp3) is 0.355. The first-order valence-corrected chi connectivity index (χ1v) is 14.1. The van der Waals surface area contributed by atoms with Crippen LogP contribution in [0.3, 0.4) is 0 Å². The van der Waals surface area contributed by atoms with Gasteiger partial charge in [0.2, 0.25) is 0 Å². The van der Waals surface area contributed by atoms with Crippen LogP contribution in [0.2, 0.25) is 0 Å². The van der Waals surface area contributed by atoms with Gasteiger partial charge in [-0.05, 0) is 67.8 Å². The van der Waals surface area contributed by atoms with Crippen LogP contribution in [0.4, 0.5) is 22.7 Å². The molecule has 2 aliphatic heterocycles. The lowest BCUT2D eigenvalue weighted by Gasteiger charge is -2.36. The number of methoxy groups -OCH3 is 2. The Morgan fingerprint density at radius 3 is 2.00 bits per heavy atom. The number of nitrogens with one attached hydrogen (secondary N) is 1. The Kier molecular flexibility index (Phi) is 8.75. The van der Waals surface area contributed by atoms with Crippen molar-refractivity contribution >= 4 is 34.6 Å². The topological polar surface area (TPSA) is 117 Å². The Balaban J connectivity index is 1.19. The van der Waals surface area contributed by atoms with E-state index in [1.807, 2.05) is 34.1 Å². The smallest absolute Gasteiger partial charge is 0.293 e. The van der Waals surface area contributed by atoms with Crippen LogP contribution in [0.1, 0.15) is 40.0 Å². The Labute approximate surface area is 244 Å². The van der Waals surface area contributed by atoms with Crippen LogP contribution >= 0.6 is 0 Å². The third-order valence-electron chi connectivity index (χ3n) is 7.79. The quantitative estimate of drug-likeness (QED) is 0.301. The monoisotopic (exact) mass is 573 g/mol. The van der Waals surface area contributed by atoms with E-state index in [1.54, 1.807) is 44.6 Å². The molecule has 0 unspecified atom stereocenters. The molecular weight excluding hydrogens is 538 g/mol. The second-order valence-electron chi connectivity index (χ2n) is 10.4. The summed E-state index contributed by atoms with van der Waals surface area (Å²) in [7, 11) is 3.11. The summed E-state index contributed by atoms with van der Waals surface area (Å²) in [5, 5.41) is 14.6. The lowest BCUT2D eigenvalue weighted by Crippen LogP contribution is -2.48. The zero-order valence-electron chi connectivity index (χ0n) is 23.9. The molecule has 220 valence electrons. The van der Waals surface area contributed by atoms with Gasteiger partial charge in [-0.3, -0.25) is 19.7 Å². The van der Waals surface area contributed by atoms with E-state index in [-0.39, 0.29) is 17.2 Å². The van der Waals surface area contributed by atoms with Crippen LogP contribution < -0.4 is 24.6 Å². The zero-order chi connectivity index (χ0) is 29.6. The molecule has 0 atom stereocenters. The molecule has 11 nitrogen and oxygen atoms in total. The molecule has 3 aromatic carbocycles. The number of anilines is 3. The van der Waals surface area contributed by atoms with Gasteiger partial charge < -0.3 is 29.5 Å². The maximum Gasteiger partial charge on any atom is 0.293 e. The summed E-state index contributed by atoms with van der Waals surface area (Å²) in [5.74, 6) is 0.652. The van der Waals surface area contributed by atoms with E-state index < -0.39 is 10.8 Å². The standard InChI is InChI=1S/C31H35N5O6/c1-41-26-18-23(19-27(21-26)42-2)31(38)35-16-14-33(15-17-35)25-9-7-24(8-10-25)32-30(37)22-6-11-28(29(20-22)36(39)40)34-12-4-3-5-13-34/h6-11,18-21H,3-5,12-17H2,1-2H3,(H,32,37). The first kappa shape index (κ1) is 28.7. The van der Waals surface area contributed by atoms with Crippen LogP contribution in [0.5, 0.6) is 11.5 Å². The number of benzene rings is 3. The normalized spacial score (nSPS) is 15.2. The lowest BCUT2D eigenvalue weighted by atomic mass is 10.1. The van der Waals surface area contributed by atoms with Crippen LogP contribution in [-0.4, -0.2) is 75.1 Å². The number of nitrogens with zero attached hydrogens (tertiary/aromatic N) is 4. The van der Waals surface area contributed by atoms with Crippen molar-refractivity contribution < 1.29 is 24.0 Å². The first-order chi connectivity index (χ1) is 20.4. The van der Waals surface area contributed by atoms with Gasteiger partial charge >= 0.3 is 0 Å². The molecular formula is C31H35N5O6. The molecule has 0 aromatic heterocycles. The molecule has 0 aliphatic carbocycles. The Morgan fingerprint density at radius 1 is 0.762 bits per heavy atom. The summed E-state index contributed by atoms with van der Waals surface area (Å²) >= 11 is 0. The van der Waals surface area contributed by atoms with Crippen LogP contribution in [0.25, 0.3) is 0 Å². The molecule has 2 fully saturated rings. The second-order valence-corrected chi connectivity index (χ2v) is 10.4. The number of piperazine rings is 1. The fourth-order valence-electron chi connectivity index (χ4n) is 5.45. The number of piperidine rings is 1. The minimum absolute atomic E-state index is 0.0527. The molecule has 0 bridgehead atoms. The van der Waals surface area contributed by atoms with Crippen molar-refractivity contribution in [1.29, 1.82) is 0 Å². The molecule has 42 heavy (non-hydrogen) atoms. The van der Waals surface area contributed by atoms with Gasteiger partial charge in [0, 0.05) is 73.9 Å². The summed E-state index contributed by atoms with van der Waals surface area (Å²) in [6.07, 6.45) is 3.13. The number of carbonyl (C=O) groups is 2. The van der Waals surface area contributed by atoms with Gasteiger partial charge in [-0.2, -0.15) is 0 Å². The summed E-state index contributed by atoms with van der Waals surface area (Å²) in [4.78, 5) is 43.4. The molecule has 2 saturated heterocycles. The Hall–Kier alpha value is -4.80. The van der Waals surface area contributed by atoms with E-state index >= 15 is 0 Å². The number of rotatable bonds is 8. The zero-order valence-corrected chi connectivity index (χ0v) is 23.9. The minimum Gasteiger partial charge on any atom is -0.497 e. The molecule has 1 N–H and O–H groups in total. The van der Waals surface area contributed by atoms with Crippen molar-refractivity contribution in [3.8, 4) is 11.5 Å². The molecule has 11 heteroatoms. The number of carbonyl (C=O) groups excluding carboxylic acids is 2. The number of amides is 2. The van der Waals surface area contributed by atoms with Gasteiger partial charge in [-0.25, -0.2) is 0 Å². The average molecular weight is 574 g/mol. The number of hydrogen-bond donors (Lipinski definition) is 1. The fourth-order valence-corrected chi connectivity index (χ4v) is 5.45. The number of nitro groups is 1. The van der Waals surface area contributed by atoms with E-state index in [9.17, 15) is 19.7 Å². The molecule has 0 radical (unpaired) electrons. The van der Waals surface area contributed by atoms with Crippen LogP contribution in [0.15, 0.2) is 60.7 Å². The Bertz CT molecular complexity index is 1420. The van der Waals surface area contributed by atoms with Gasteiger partial charge in [0.05, 0.1) is 19.1 Å². The SMILES string of the molecule is COc1cc(OC)cc(C(=O)N2CCN(c3ccc(NC(=O)c4ccc(N5CCCCC5)c([N+](=O)[O-])c4)cc3)CC2)c1. The van der Waals surface area contributed by atoms with Crippen molar-refractivity contribution in [3.05, 3.63) is 81.9 Å². The highest BCUT2D eigenvalue weighted by Crippen LogP contribution is 2.32. The predicted octanol–water partition coefficient (Wildman–Crippen LogP) is 4.82. The maximum absolute atomic E-state index is 13.1. The molecule has 2 heterocycles. The van der Waals surface area contributed by atoms with E-state index in [0.717, 1.165) is 38.0 Å². The van der Waals surface area contributed by atoms with Gasteiger partial charge in [0.1, 0.15) is 17.2 Å². The van der Waals surface area contributed by atoms with E-state index in [4.69, 9.17) is 9.47 Å². The first-order valence-electron chi connectivity index (χ1n) is 14.1. The largest absolute Gasteiger partial charge is 0.497 e. The third-order valence-corrected chi connectivity index (χ3v) is 7.79. The van der Waals surface area contributed by atoms with Crippen LogP contribution in [-0.2, 0) is 0 Å². The molecule has 0 saturated carbocycles. The summed E-state index contributed by atoms with van der Waals surface area (Å²) in [6.45, 7) is 3.99. The predicted molar refractivity (Wildman–Crippen MR) is 161 cm³/mol. The van der Waals surface area contributed by atoms with E-state index in [2.05, 4.69) is 10.2 Å². The third kappa shape index (κ3) is 6.40. The van der Waals surface area contributed by atoms with Crippen molar-refractivity contribution in [2.24, 2.45) is 0 Å². The molecule has 0 spiro atoms. The van der Waals surface area contributed by atoms with Gasteiger partial charge in [-0.15, -0.1) is 0 Å². The number of ether oxygens (including phenoxy) is 2. The van der Waals surface area contributed by atoms with Crippen molar-refractivity contribution in [3.63, 3.8) is 0 Å². The summed E-state index contributed by atoms with van der Waals surface area (Å²) in [6, 6.07) is 17.3. The van der Waals surface area contributed by atoms with Crippen molar-refractivity contribution in [2.75, 3.05) is 68.6 Å². The number of hydrogen-bond acceptors (Lipinski definition) is 8. The van der Waals surface area contributed by atoms with E-state index in [1.165, 1.54) is 6.07 Å². The lowest BCUT2D eigenvalue weighted by molar-refractivity contribution is -0.384. The minimum atomic E-state index is -0.420. The van der Waals surface area contributed by atoms with E-state index in [0.29, 0.717) is 54.6 Å². The van der Waals surface area contributed by atoms with Gasteiger partial charge in [0.25, 0.3) is 17.5 Å². The van der Waals surface area contributed by atoms with Gasteiger partial charge in [-0.1, -0.05) is 0 Å². The highest BCUT2D eigenvalue weighted by Gasteiger charge is 2.25. The average Bonchev–Trinajstić information content (AvgIpc) is 3.04. The molecule has 2 aliphatic rings. The molecule has 3 aromatic rings. The Morgan fingerprint density at radius 2 is 1.40 bits per heavy atom.